The third-order valence-electron chi connectivity index (χ3n) is 5.85. The second-order valence-corrected chi connectivity index (χ2v) is 11.5. The highest BCUT2D eigenvalue weighted by Gasteiger charge is 2.25. The third-order valence-corrected chi connectivity index (χ3v) is 7.66. The van der Waals surface area contributed by atoms with Crippen molar-refractivity contribution in [3.8, 4) is 5.75 Å². The first-order valence-electron chi connectivity index (χ1n) is 11.7. The lowest BCUT2D eigenvalue weighted by Gasteiger charge is -2.18. The number of aromatic nitrogens is 2. The lowest BCUT2D eigenvalue weighted by molar-refractivity contribution is -0.122. The minimum absolute atomic E-state index is 0.00320. The fourth-order valence-electron chi connectivity index (χ4n) is 3.65. The van der Waals surface area contributed by atoms with Crippen molar-refractivity contribution >= 4 is 55.8 Å². The highest BCUT2D eigenvalue weighted by atomic mass is 35.5. The van der Waals surface area contributed by atoms with Crippen LogP contribution in [0.1, 0.15) is 25.0 Å². The number of rotatable bonds is 9. The monoisotopic (exact) mass is 553 g/mol. The van der Waals surface area contributed by atoms with Gasteiger partial charge in [-0.1, -0.05) is 35.9 Å². The second kappa shape index (κ2) is 10.6. The molecule has 0 aliphatic carbocycles. The number of sulfonamides is 1. The first kappa shape index (κ1) is 27.3. The first-order chi connectivity index (χ1) is 17.9. The molecule has 9 nitrogen and oxygen atoms in total. The predicted octanol–water partition coefficient (Wildman–Crippen LogP) is 4.99. The lowest BCUT2D eigenvalue weighted by Crippen LogP contribution is -2.42. The number of aryl methyl sites for hydroxylation is 1. The summed E-state index contributed by atoms with van der Waals surface area (Å²) in [5, 5.41) is 3.46. The van der Waals surface area contributed by atoms with E-state index in [1.807, 2.05) is 6.07 Å². The summed E-state index contributed by atoms with van der Waals surface area (Å²) in [7, 11) is -2.61. The summed E-state index contributed by atoms with van der Waals surface area (Å²) in [6, 6.07) is 17.0. The molecule has 4 rings (SSSR count). The van der Waals surface area contributed by atoms with Crippen molar-refractivity contribution in [2.75, 3.05) is 17.1 Å². The Morgan fingerprint density at radius 3 is 2.32 bits per heavy atom. The summed E-state index contributed by atoms with van der Waals surface area (Å²) in [5.74, 6) is 0.470. The van der Waals surface area contributed by atoms with Gasteiger partial charge in [0.25, 0.3) is 10.0 Å². The van der Waals surface area contributed by atoms with Crippen LogP contribution in [0.2, 0.25) is 5.02 Å². The van der Waals surface area contributed by atoms with Crippen LogP contribution in [0.3, 0.4) is 0 Å². The van der Waals surface area contributed by atoms with E-state index in [9.17, 15) is 13.2 Å². The number of methoxy groups -OCH3 is 1. The van der Waals surface area contributed by atoms with Crippen LogP contribution in [-0.2, 0) is 21.2 Å². The van der Waals surface area contributed by atoms with Crippen molar-refractivity contribution < 1.29 is 17.9 Å². The Bertz CT molecular complexity index is 1630. The van der Waals surface area contributed by atoms with E-state index >= 15 is 0 Å². The molecule has 11 heteroatoms. The van der Waals surface area contributed by atoms with E-state index < -0.39 is 15.6 Å². The van der Waals surface area contributed by atoms with Crippen LogP contribution in [0.5, 0.6) is 5.75 Å². The molecule has 38 heavy (non-hydrogen) atoms. The van der Waals surface area contributed by atoms with Crippen LogP contribution in [0.4, 0.5) is 17.3 Å². The zero-order valence-corrected chi connectivity index (χ0v) is 22.9. The van der Waals surface area contributed by atoms with E-state index in [-0.39, 0.29) is 28.7 Å². The molecule has 4 aromatic rings. The van der Waals surface area contributed by atoms with Crippen LogP contribution < -0.4 is 20.5 Å². The predicted molar refractivity (Wildman–Crippen MR) is 150 cm³/mol. The molecular formula is C27H28ClN5O4S. The van der Waals surface area contributed by atoms with Gasteiger partial charge in [0.2, 0.25) is 0 Å². The van der Waals surface area contributed by atoms with Gasteiger partial charge in [-0.05, 0) is 62.2 Å². The lowest BCUT2D eigenvalue weighted by atomic mass is 9.94. The molecule has 0 amide bonds. The number of ether oxygens (including phenoxy) is 1. The maximum absolute atomic E-state index is 13.6. The number of fused-ring (bicyclic) bond motifs is 1. The van der Waals surface area contributed by atoms with Gasteiger partial charge in [-0.25, -0.2) is 18.4 Å². The number of ketones is 1. The normalized spacial score (nSPS) is 11.8. The Kier molecular flexibility index (Phi) is 7.59. The van der Waals surface area contributed by atoms with Crippen molar-refractivity contribution in [2.45, 2.75) is 37.6 Å². The average molecular weight is 554 g/mol. The molecule has 0 radical (unpaired) electrons. The molecule has 0 unspecified atom stereocenters. The minimum Gasteiger partial charge on any atom is -0.497 e. The summed E-state index contributed by atoms with van der Waals surface area (Å²) in [6.07, 6.45) is 0.00320. The van der Waals surface area contributed by atoms with E-state index in [1.54, 1.807) is 69.3 Å². The van der Waals surface area contributed by atoms with E-state index in [0.29, 0.717) is 38.6 Å². The van der Waals surface area contributed by atoms with E-state index in [1.165, 1.54) is 13.2 Å². The molecule has 1 aromatic heterocycles. The van der Waals surface area contributed by atoms with E-state index in [4.69, 9.17) is 22.1 Å². The Balaban J connectivity index is 1.76. The van der Waals surface area contributed by atoms with Gasteiger partial charge in [0.15, 0.2) is 17.4 Å². The number of benzene rings is 3. The molecular weight excluding hydrogens is 526 g/mol. The highest BCUT2D eigenvalue weighted by Crippen LogP contribution is 2.33. The number of nitrogens with two attached hydrogens (primary N) is 1. The number of nitrogens with one attached hydrogen (secondary N) is 2. The number of hydrogen-bond donors (Lipinski definition) is 3. The Morgan fingerprint density at radius 1 is 1.03 bits per heavy atom. The number of anilines is 3. The molecule has 198 valence electrons. The van der Waals surface area contributed by atoms with Crippen LogP contribution in [-0.4, -0.2) is 36.8 Å². The highest BCUT2D eigenvalue weighted by molar-refractivity contribution is 7.92. The summed E-state index contributed by atoms with van der Waals surface area (Å²) < 4.78 is 35.1. The van der Waals surface area contributed by atoms with Crippen LogP contribution in [0.15, 0.2) is 65.6 Å². The maximum atomic E-state index is 13.6. The van der Waals surface area contributed by atoms with Gasteiger partial charge < -0.3 is 15.8 Å². The summed E-state index contributed by atoms with van der Waals surface area (Å²) in [5.41, 5.74) is 7.42. The van der Waals surface area contributed by atoms with E-state index in [0.717, 1.165) is 0 Å². The summed E-state index contributed by atoms with van der Waals surface area (Å²) >= 11 is 6.37. The molecule has 0 fully saturated rings. The number of halogens is 1. The van der Waals surface area contributed by atoms with Gasteiger partial charge >= 0.3 is 0 Å². The fraction of sp³-hybridized carbons (Fsp3) is 0.222. The van der Waals surface area contributed by atoms with Crippen LogP contribution in [0.25, 0.3) is 11.0 Å². The minimum atomic E-state index is -4.14. The number of para-hydroxylation sites is 2. The van der Waals surface area contributed by atoms with Gasteiger partial charge in [-0.15, -0.1) is 0 Å². The zero-order valence-electron chi connectivity index (χ0n) is 21.4. The number of carbonyl (C=O) groups is 1. The van der Waals surface area contributed by atoms with Gasteiger partial charge in [-0.3, -0.25) is 9.52 Å². The largest absolute Gasteiger partial charge is 0.497 e. The fourth-order valence-corrected chi connectivity index (χ4v) is 5.12. The molecule has 4 N–H and O–H groups in total. The molecule has 0 aliphatic rings. The van der Waals surface area contributed by atoms with Gasteiger partial charge in [0, 0.05) is 12.5 Å². The third kappa shape index (κ3) is 6.04. The van der Waals surface area contributed by atoms with Gasteiger partial charge in [-0.2, -0.15) is 0 Å². The SMILES string of the molecule is COc1ccc(Cl)c(Nc2nc3ccccc3nc2NS(=O)(=O)c2cc(CC(=O)C(C)(C)N)ccc2C)c1. The Morgan fingerprint density at radius 2 is 1.68 bits per heavy atom. The standard InChI is InChI=1S/C27H28ClN5O4S/c1-16-9-10-17(14-24(34)27(2,3)29)13-23(16)38(35,36)33-26-25(30-20-7-5-6-8-21(20)31-26)32-22-15-18(37-4)11-12-19(22)28/h5-13,15H,14,29H2,1-4H3,(H,30,32)(H,31,33). The quantitative estimate of drug-likeness (QED) is 0.263. The molecule has 1 heterocycles. The smallest absolute Gasteiger partial charge is 0.263 e. The van der Waals surface area contributed by atoms with Crippen LogP contribution >= 0.6 is 11.6 Å². The topological polar surface area (TPSA) is 136 Å². The molecule has 0 saturated heterocycles. The van der Waals surface area contributed by atoms with E-state index in [2.05, 4.69) is 20.0 Å². The molecule has 0 bridgehead atoms. The van der Waals surface area contributed by atoms with Crippen molar-refractivity contribution in [2.24, 2.45) is 5.73 Å². The molecule has 0 aliphatic heterocycles. The first-order valence-corrected chi connectivity index (χ1v) is 13.6. The Labute approximate surface area is 226 Å². The molecule has 0 spiro atoms. The summed E-state index contributed by atoms with van der Waals surface area (Å²) in [6.45, 7) is 4.91. The number of carbonyl (C=O) groups excluding carboxylic acids is 1. The number of nitrogens with zero attached hydrogens (tertiary/aromatic N) is 2. The zero-order chi connectivity index (χ0) is 27.7. The number of hydrogen-bond acceptors (Lipinski definition) is 8. The second-order valence-electron chi connectivity index (χ2n) is 9.41. The molecule has 0 saturated carbocycles. The number of Topliss-reactive ketones (excluding diaryl/α,β-unsaturated/α-hetero) is 1. The maximum Gasteiger partial charge on any atom is 0.263 e. The van der Waals surface area contributed by atoms with Gasteiger partial charge in [0.1, 0.15) is 5.75 Å². The molecule has 0 atom stereocenters. The van der Waals surface area contributed by atoms with Gasteiger partial charge in [0.05, 0.1) is 39.3 Å². The summed E-state index contributed by atoms with van der Waals surface area (Å²) in [4.78, 5) is 21.6. The van der Waals surface area contributed by atoms with Crippen molar-refractivity contribution in [3.63, 3.8) is 0 Å². The van der Waals surface area contributed by atoms with Crippen molar-refractivity contribution in [3.05, 3.63) is 76.8 Å². The van der Waals surface area contributed by atoms with Crippen molar-refractivity contribution in [1.29, 1.82) is 0 Å². The van der Waals surface area contributed by atoms with Crippen molar-refractivity contribution in [1.82, 2.24) is 9.97 Å². The Hall–Kier alpha value is -3.73. The molecule has 3 aromatic carbocycles. The average Bonchev–Trinajstić information content (AvgIpc) is 2.86. The van der Waals surface area contributed by atoms with Crippen LogP contribution in [0, 0.1) is 6.92 Å².